The van der Waals surface area contributed by atoms with Crippen molar-refractivity contribution in [1.82, 2.24) is 10.2 Å². The second-order valence-corrected chi connectivity index (χ2v) is 6.13. The van der Waals surface area contributed by atoms with E-state index >= 15 is 0 Å². The second kappa shape index (κ2) is 6.43. The Bertz CT molecular complexity index is 480. The molecule has 1 aliphatic carbocycles. The van der Waals surface area contributed by atoms with E-state index in [1.165, 1.54) is 32.1 Å². The van der Waals surface area contributed by atoms with E-state index in [0.717, 1.165) is 19.6 Å². The van der Waals surface area contributed by atoms with Crippen LogP contribution in [0, 0.1) is 12.3 Å². The van der Waals surface area contributed by atoms with E-state index in [4.69, 9.17) is 6.42 Å². The molecule has 0 amide bonds. The largest absolute Gasteiger partial charge is 0.311 e. The third-order valence-electron chi connectivity index (χ3n) is 4.72. The van der Waals surface area contributed by atoms with Crippen LogP contribution in [-0.4, -0.2) is 36.6 Å². The molecule has 1 atom stereocenters. The number of terminal acetylenes is 1. The average Bonchev–Trinajstić information content (AvgIpc) is 2.49. The summed E-state index contributed by atoms with van der Waals surface area (Å²) in [7, 11) is 0. The molecule has 2 heteroatoms. The van der Waals surface area contributed by atoms with Crippen LogP contribution in [-0.2, 0) is 12.8 Å². The van der Waals surface area contributed by atoms with Crippen molar-refractivity contribution in [3.05, 3.63) is 35.4 Å². The fraction of sp³-hybridized carbons (Fsp3) is 0.556. The Morgan fingerprint density at radius 2 is 1.85 bits per heavy atom. The summed E-state index contributed by atoms with van der Waals surface area (Å²) in [6, 6.07) is 10.2. The first-order valence-corrected chi connectivity index (χ1v) is 7.84. The Morgan fingerprint density at radius 1 is 1.10 bits per heavy atom. The molecule has 0 aromatic heterocycles. The first-order valence-electron chi connectivity index (χ1n) is 7.84. The maximum absolute atomic E-state index is 5.38. The van der Waals surface area contributed by atoms with Gasteiger partial charge in [-0.1, -0.05) is 30.2 Å². The molecule has 3 rings (SSSR count). The zero-order valence-corrected chi connectivity index (χ0v) is 12.1. The Hall–Kier alpha value is -1.30. The molecule has 2 nitrogen and oxygen atoms in total. The topological polar surface area (TPSA) is 15.3 Å². The number of benzene rings is 1. The molecule has 1 aromatic carbocycles. The predicted octanol–water partition coefficient (Wildman–Crippen LogP) is 2.23. The Labute approximate surface area is 122 Å². The van der Waals surface area contributed by atoms with Crippen LogP contribution in [0.25, 0.3) is 0 Å². The number of fused-ring (bicyclic) bond motifs is 1. The third-order valence-corrected chi connectivity index (χ3v) is 4.72. The fourth-order valence-corrected chi connectivity index (χ4v) is 3.56. The number of rotatable bonds is 3. The minimum atomic E-state index is 0.661. The van der Waals surface area contributed by atoms with Gasteiger partial charge in [0.05, 0.1) is 6.54 Å². The zero-order chi connectivity index (χ0) is 13.8. The average molecular weight is 268 g/mol. The van der Waals surface area contributed by atoms with Crippen molar-refractivity contribution in [2.24, 2.45) is 0 Å². The fourth-order valence-electron chi connectivity index (χ4n) is 3.56. The van der Waals surface area contributed by atoms with Crippen LogP contribution in [0.15, 0.2) is 24.3 Å². The lowest BCUT2D eigenvalue weighted by atomic mass is 9.87. The van der Waals surface area contributed by atoms with Crippen LogP contribution in [0.3, 0.4) is 0 Å². The van der Waals surface area contributed by atoms with Gasteiger partial charge in [-0.15, -0.1) is 6.42 Å². The number of nitrogens with zero attached hydrogens (tertiary/aromatic N) is 1. The molecule has 0 saturated carbocycles. The van der Waals surface area contributed by atoms with Crippen LogP contribution < -0.4 is 5.32 Å². The van der Waals surface area contributed by atoms with Crippen molar-refractivity contribution in [1.29, 1.82) is 0 Å². The minimum absolute atomic E-state index is 0.661. The van der Waals surface area contributed by atoms with E-state index < -0.39 is 0 Å². The van der Waals surface area contributed by atoms with Gasteiger partial charge in [-0.2, -0.15) is 0 Å². The van der Waals surface area contributed by atoms with Crippen molar-refractivity contribution in [2.75, 3.05) is 19.6 Å². The molecule has 0 spiro atoms. The lowest BCUT2D eigenvalue weighted by Gasteiger charge is -2.35. The van der Waals surface area contributed by atoms with Gasteiger partial charge in [-0.05, 0) is 43.2 Å². The maximum Gasteiger partial charge on any atom is 0.0598 e. The number of aryl methyl sites for hydroxylation is 1. The van der Waals surface area contributed by atoms with Gasteiger partial charge in [-0.3, -0.25) is 4.90 Å². The van der Waals surface area contributed by atoms with Gasteiger partial charge in [0.2, 0.25) is 0 Å². The first kappa shape index (κ1) is 13.7. The van der Waals surface area contributed by atoms with Crippen LogP contribution in [0.4, 0.5) is 0 Å². The zero-order valence-electron chi connectivity index (χ0n) is 12.1. The molecule has 1 fully saturated rings. The summed E-state index contributed by atoms with van der Waals surface area (Å²) in [5, 5.41) is 3.88. The summed E-state index contributed by atoms with van der Waals surface area (Å²) in [5.41, 5.74) is 3.09. The molecule has 1 aliphatic heterocycles. The molecule has 1 aromatic rings. The predicted molar refractivity (Wildman–Crippen MR) is 83.7 cm³/mol. The van der Waals surface area contributed by atoms with E-state index in [1.807, 2.05) is 0 Å². The quantitative estimate of drug-likeness (QED) is 0.846. The molecular weight excluding hydrogens is 244 g/mol. The lowest BCUT2D eigenvalue weighted by Crippen LogP contribution is -2.47. The summed E-state index contributed by atoms with van der Waals surface area (Å²) >= 11 is 0. The van der Waals surface area contributed by atoms with E-state index in [9.17, 15) is 0 Å². The number of likely N-dealkylation sites (tertiary alicyclic amines) is 1. The van der Waals surface area contributed by atoms with Crippen LogP contribution in [0.1, 0.15) is 30.4 Å². The highest BCUT2D eigenvalue weighted by atomic mass is 15.1. The van der Waals surface area contributed by atoms with Gasteiger partial charge in [0.15, 0.2) is 0 Å². The van der Waals surface area contributed by atoms with Gasteiger partial charge in [0.1, 0.15) is 0 Å². The first-order chi connectivity index (χ1) is 9.85. The van der Waals surface area contributed by atoms with Crippen LogP contribution in [0.5, 0.6) is 0 Å². The molecule has 0 bridgehead atoms. The molecule has 0 radical (unpaired) electrons. The molecule has 2 aliphatic rings. The number of hydrogen-bond acceptors (Lipinski definition) is 2. The monoisotopic (exact) mass is 268 g/mol. The van der Waals surface area contributed by atoms with Crippen molar-refractivity contribution < 1.29 is 0 Å². The number of piperidine rings is 1. The third kappa shape index (κ3) is 3.23. The van der Waals surface area contributed by atoms with Crippen molar-refractivity contribution in [2.45, 2.75) is 44.2 Å². The summed E-state index contributed by atoms with van der Waals surface area (Å²) in [5.74, 6) is 2.75. The maximum atomic E-state index is 5.38. The number of hydrogen-bond donors (Lipinski definition) is 1. The van der Waals surface area contributed by atoms with Crippen LogP contribution in [0.2, 0.25) is 0 Å². The minimum Gasteiger partial charge on any atom is -0.311 e. The normalized spacial score (nSPS) is 24.1. The molecular formula is C18H24N2. The van der Waals surface area contributed by atoms with Gasteiger partial charge < -0.3 is 5.32 Å². The summed E-state index contributed by atoms with van der Waals surface area (Å²) in [6.45, 7) is 3.10. The molecule has 1 N–H and O–H groups in total. The smallest absolute Gasteiger partial charge is 0.0598 e. The van der Waals surface area contributed by atoms with E-state index in [1.54, 1.807) is 11.1 Å². The standard InChI is InChI=1S/C18H24N2/c1-2-11-20-12-9-17(10-13-20)19-18-8-7-15-5-3-4-6-16(15)14-18/h1,3-6,17-19H,7-14H2. The molecule has 1 saturated heterocycles. The highest BCUT2D eigenvalue weighted by Gasteiger charge is 2.23. The Morgan fingerprint density at radius 3 is 2.60 bits per heavy atom. The molecule has 20 heavy (non-hydrogen) atoms. The molecule has 1 unspecified atom stereocenters. The SMILES string of the molecule is C#CCN1CCC(NC2CCc3ccccc3C2)CC1. The van der Waals surface area contributed by atoms with E-state index in [0.29, 0.717) is 12.1 Å². The Kier molecular flexibility index (Phi) is 4.40. The van der Waals surface area contributed by atoms with E-state index in [-0.39, 0.29) is 0 Å². The van der Waals surface area contributed by atoms with Crippen molar-refractivity contribution in [3.8, 4) is 12.3 Å². The summed E-state index contributed by atoms with van der Waals surface area (Å²) in [6.07, 6.45) is 11.6. The summed E-state index contributed by atoms with van der Waals surface area (Å²) < 4.78 is 0. The summed E-state index contributed by atoms with van der Waals surface area (Å²) in [4.78, 5) is 2.38. The highest BCUT2D eigenvalue weighted by molar-refractivity contribution is 5.30. The number of nitrogens with one attached hydrogen (secondary N) is 1. The van der Waals surface area contributed by atoms with Crippen LogP contribution >= 0.6 is 0 Å². The van der Waals surface area contributed by atoms with E-state index in [2.05, 4.69) is 40.4 Å². The molecule has 106 valence electrons. The van der Waals surface area contributed by atoms with Gasteiger partial charge in [-0.25, -0.2) is 0 Å². The van der Waals surface area contributed by atoms with Gasteiger partial charge >= 0.3 is 0 Å². The van der Waals surface area contributed by atoms with Crippen molar-refractivity contribution >= 4 is 0 Å². The lowest BCUT2D eigenvalue weighted by molar-refractivity contribution is 0.206. The van der Waals surface area contributed by atoms with Gasteiger partial charge in [0, 0.05) is 25.2 Å². The second-order valence-electron chi connectivity index (χ2n) is 6.13. The van der Waals surface area contributed by atoms with Gasteiger partial charge in [0.25, 0.3) is 0 Å². The van der Waals surface area contributed by atoms with Crippen molar-refractivity contribution in [3.63, 3.8) is 0 Å². The molecule has 1 heterocycles. The Balaban J connectivity index is 1.50. The highest BCUT2D eigenvalue weighted by Crippen LogP contribution is 2.22.